The van der Waals surface area contributed by atoms with Gasteiger partial charge in [-0.1, -0.05) is 0 Å². The van der Waals surface area contributed by atoms with E-state index in [9.17, 15) is 0 Å². The quantitative estimate of drug-likeness (QED) is 0.609. The molecule has 0 saturated heterocycles. The lowest BCUT2D eigenvalue weighted by molar-refractivity contribution is 0.410. The van der Waals surface area contributed by atoms with E-state index in [0.29, 0.717) is 0 Å². The van der Waals surface area contributed by atoms with Gasteiger partial charge in [0.1, 0.15) is 5.75 Å². The van der Waals surface area contributed by atoms with Crippen LogP contribution >= 0.6 is 12.2 Å². The summed E-state index contributed by atoms with van der Waals surface area (Å²) in [5.74, 6) is 0.875. The highest BCUT2D eigenvalue weighted by Crippen LogP contribution is 2.27. The van der Waals surface area contributed by atoms with Crippen LogP contribution in [0.25, 0.3) is 10.9 Å². The lowest BCUT2D eigenvalue weighted by Crippen LogP contribution is -2.40. The van der Waals surface area contributed by atoms with Gasteiger partial charge in [0.05, 0.1) is 7.11 Å². The fourth-order valence-corrected chi connectivity index (χ4v) is 3.58. The molecule has 0 amide bonds. The number of aryl methyl sites for hydroxylation is 1. The molecule has 0 aliphatic rings. The van der Waals surface area contributed by atoms with Crippen LogP contribution in [0.4, 0.5) is 0 Å². The summed E-state index contributed by atoms with van der Waals surface area (Å²) >= 11 is 5.61. The minimum Gasteiger partial charge on any atom is -0.497 e. The highest BCUT2D eigenvalue weighted by atomic mass is 32.1. The number of fused-ring (bicyclic) bond motifs is 1. The summed E-state index contributed by atoms with van der Waals surface area (Å²) < 4.78 is 5.40. The first-order valence-electron chi connectivity index (χ1n) is 9.19. The highest BCUT2D eigenvalue weighted by Gasteiger charge is 2.14. The molecule has 0 radical (unpaired) electrons. The number of benzene rings is 1. The number of nitrogens with zero attached hydrogens (tertiary/aromatic N) is 2. The Hall–Kier alpha value is -2.60. The predicted octanol–water partition coefficient (Wildman–Crippen LogP) is 3.82. The molecule has 2 aromatic heterocycles. The van der Waals surface area contributed by atoms with Crippen LogP contribution < -0.4 is 10.1 Å². The predicted molar refractivity (Wildman–Crippen MR) is 114 cm³/mol. The van der Waals surface area contributed by atoms with E-state index in [1.807, 2.05) is 30.6 Å². The van der Waals surface area contributed by atoms with Crippen molar-refractivity contribution < 1.29 is 4.74 Å². The molecule has 0 unspecified atom stereocenters. The number of pyridine rings is 1. The molecule has 27 heavy (non-hydrogen) atoms. The van der Waals surface area contributed by atoms with Crippen LogP contribution in [0.1, 0.15) is 23.7 Å². The highest BCUT2D eigenvalue weighted by molar-refractivity contribution is 7.80. The summed E-state index contributed by atoms with van der Waals surface area (Å²) in [4.78, 5) is 9.79. The van der Waals surface area contributed by atoms with Crippen molar-refractivity contribution in [1.82, 2.24) is 20.2 Å². The van der Waals surface area contributed by atoms with E-state index in [-0.39, 0.29) is 0 Å². The molecule has 0 aliphatic carbocycles. The van der Waals surface area contributed by atoms with E-state index < -0.39 is 0 Å². The first-order chi connectivity index (χ1) is 13.1. The van der Waals surface area contributed by atoms with Crippen LogP contribution in [0.2, 0.25) is 0 Å². The maximum atomic E-state index is 5.61. The lowest BCUT2D eigenvalue weighted by Gasteiger charge is -2.26. The van der Waals surface area contributed by atoms with E-state index in [1.165, 1.54) is 22.2 Å². The molecule has 0 aliphatic heterocycles. The minimum atomic E-state index is 0.763. The number of hydrogen-bond acceptors (Lipinski definition) is 3. The Morgan fingerprint density at radius 3 is 2.74 bits per heavy atom. The topological polar surface area (TPSA) is 53.2 Å². The number of rotatable bonds is 7. The summed E-state index contributed by atoms with van der Waals surface area (Å²) in [7, 11) is 1.70. The molecule has 3 rings (SSSR count). The fourth-order valence-electron chi connectivity index (χ4n) is 3.28. The summed E-state index contributed by atoms with van der Waals surface area (Å²) in [6.45, 7) is 6.60. The van der Waals surface area contributed by atoms with Gasteiger partial charge < -0.3 is 19.9 Å². The summed E-state index contributed by atoms with van der Waals surface area (Å²) in [6.07, 6.45) is 4.54. The molecule has 0 bridgehead atoms. The van der Waals surface area contributed by atoms with Gasteiger partial charge in [-0.25, -0.2) is 0 Å². The van der Waals surface area contributed by atoms with Crippen LogP contribution in [0.15, 0.2) is 42.7 Å². The molecule has 142 valence electrons. The number of nitrogens with one attached hydrogen (secondary N) is 2. The van der Waals surface area contributed by atoms with Crippen molar-refractivity contribution in [2.45, 2.75) is 26.8 Å². The van der Waals surface area contributed by atoms with Gasteiger partial charge in [-0.3, -0.25) is 4.98 Å². The number of ether oxygens (including phenoxy) is 1. The molecule has 0 fully saturated rings. The maximum absolute atomic E-state index is 5.61. The molecule has 0 spiro atoms. The lowest BCUT2D eigenvalue weighted by atomic mass is 10.1. The van der Waals surface area contributed by atoms with E-state index in [0.717, 1.165) is 42.4 Å². The smallest absolute Gasteiger partial charge is 0.169 e. The van der Waals surface area contributed by atoms with Crippen LogP contribution in [-0.2, 0) is 13.0 Å². The molecule has 6 heteroatoms. The molecule has 0 saturated carbocycles. The second kappa shape index (κ2) is 8.86. The Morgan fingerprint density at radius 2 is 2.04 bits per heavy atom. The van der Waals surface area contributed by atoms with Crippen molar-refractivity contribution in [1.29, 1.82) is 0 Å². The van der Waals surface area contributed by atoms with Gasteiger partial charge in [-0.15, -0.1) is 0 Å². The number of H-pyrrole nitrogens is 1. The number of aromatic nitrogens is 2. The molecule has 2 N–H and O–H groups in total. The fraction of sp³-hybridized carbons (Fsp3) is 0.333. The van der Waals surface area contributed by atoms with Gasteiger partial charge >= 0.3 is 0 Å². The Kier molecular flexibility index (Phi) is 6.29. The number of aromatic amines is 1. The van der Waals surface area contributed by atoms with Crippen LogP contribution in [0.3, 0.4) is 0 Å². The average Bonchev–Trinajstić information content (AvgIpc) is 3.00. The SMILES string of the molecule is CCNC(=S)N(CCc1c(C)[nH]c2ccc(OC)cc12)Cc1ccncc1. The second-order valence-corrected chi connectivity index (χ2v) is 6.89. The second-order valence-electron chi connectivity index (χ2n) is 6.50. The third-order valence-electron chi connectivity index (χ3n) is 4.70. The van der Waals surface area contributed by atoms with Crippen LogP contribution in [0, 0.1) is 6.92 Å². The Labute approximate surface area is 165 Å². The Balaban J connectivity index is 1.81. The average molecular weight is 383 g/mol. The molecule has 0 atom stereocenters. The molecular formula is C21H26N4OS. The van der Waals surface area contributed by atoms with E-state index in [4.69, 9.17) is 17.0 Å². The van der Waals surface area contributed by atoms with Gasteiger partial charge in [0.15, 0.2) is 5.11 Å². The Morgan fingerprint density at radius 1 is 1.26 bits per heavy atom. The largest absolute Gasteiger partial charge is 0.497 e. The summed E-state index contributed by atoms with van der Waals surface area (Å²) in [6, 6.07) is 10.2. The van der Waals surface area contributed by atoms with Crippen molar-refractivity contribution >= 4 is 28.2 Å². The van der Waals surface area contributed by atoms with Gasteiger partial charge in [-0.2, -0.15) is 0 Å². The molecule has 2 heterocycles. The monoisotopic (exact) mass is 382 g/mol. The van der Waals surface area contributed by atoms with Crippen molar-refractivity contribution in [2.24, 2.45) is 0 Å². The molecule has 1 aromatic carbocycles. The zero-order chi connectivity index (χ0) is 19.2. The van der Waals surface area contributed by atoms with Crippen LogP contribution in [0.5, 0.6) is 5.75 Å². The van der Waals surface area contributed by atoms with Crippen molar-refractivity contribution in [3.8, 4) is 5.75 Å². The summed E-state index contributed by atoms with van der Waals surface area (Å²) in [5.41, 5.74) is 4.83. The molecule has 3 aromatic rings. The molecule has 5 nitrogen and oxygen atoms in total. The normalized spacial score (nSPS) is 10.8. The first kappa shape index (κ1) is 19.2. The van der Waals surface area contributed by atoms with Crippen molar-refractivity contribution in [3.05, 3.63) is 59.5 Å². The molecular weight excluding hydrogens is 356 g/mol. The van der Waals surface area contributed by atoms with Crippen molar-refractivity contribution in [2.75, 3.05) is 20.2 Å². The van der Waals surface area contributed by atoms with E-state index >= 15 is 0 Å². The third-order valence-corrected chi connectivity index (χ3v) is 5.10. The van der Waals surface area contributed by atoms with Gasteiger partial charge in [-0.05, 0) is 73.9 Å². The van der Waals surface area contributed by atoms with Crippen LogP contribution in [-0.4, -0.2) is 40.2 Å². The standard InChI is InChI=1S/C21H26N4OS/c1-4-23-21(27)25(14-16-7-10-22-11-8-16)12-9-18-15(2)24-20-6-5-17(26-3)13-19(18)20/h5-8,10-11,13,24H,4,9,12,14H2,1-3H3,(H,23,27). The zero-order valence-corrected chi connectivity index (χ0v) is 16.9. The number of thiocarbonyl (C=S) groups is 1. The number of methoxy groups -OCH3 is 1. The van der Waals surface area contributed by atoms with Crippen molar-refractivity contribution in [3.63, 3.8) is 0 Å². The van der Waals surface area contributed by atoms with Gasteiger partial charge in [0.2, 0.25) is 0 Å². The Bertz CT molecular complexity index is 907. The van der Waals surface area contributed by atoms with Gasteiger partial charge in [0, 0.05) is 48.6 Å². The minimum absolute atomic E-state index is 0.763. The van der Waals surface area contributed by atoms with E-state index in [2.05, 4.69) is 46.2 Å². The third kappa shape index (κ3) is 4.57. The zero-order valence-electron chi connectivity index (χ0n) is 16.1. The number of hydrogen-bond donors (Lipinski definition) is 2. The maximum Gasteiger partial charge on any atom is 0.169 e. The summed E-state index contributed by atoms with van der Waals surface area (Å²) in [5, 5.41) is 5.27. The van der Waals surface area contributed by atoms with Gasteiger partial charge in [0.25, 0.3) is 0 Å². The van der Waals surface area contributed by atoms with E-state index in [1.54, 1.807) is 7.11 Å². The first-order valence-corrected chi connectivity index (χ1v) is 9.60.